The average Bonchev–Trinajstić information content (AvgIpc) is 3.71. The van der Waals surface area contributed by atoms with Crippen molar-refractivity contribution >= 4 is 50.6 Å². The van der Waals surface area contributed by atoms with Gasteiger partial charge in [-0.05, 0) is 74.3 Å². The van der Waals surface area contributed by atoms with Gasteiger partial charge in [0, 0.05) is 33.2 Å². The molecule has 0 unspecified atom stereocenters. The highest BCUT2D eigenvalue weighted by Gasteiger charge is 2.41. The largest absolute Gasteiger partial charge is 0.416 e. The van der Waals surface area contributed by atoms with Gasteiger partial charge < -0.3 is 4.57 Å². The van der Waals surface area contributed by atoms with Crippen molar-refractivity contribution in [3.05, 3.63) is 242 Å². The van der Waals surface area contributed by atoms with Crippen molar-refractivity contribution in [2.24, 2.45) is 0 Å². The molecule has 0 aliphatic rings. The zero-order valence-electron chi connectivity index (χ0n) is 35.4. The Morgan fingerprint density at radius 1 is 0.348 bits per heavy atom. The van der Waals surface area contributed by atoms with E-state index >= 15 is 0 Å². The number of hydrogen-bond acceptors (Lipinski definition) is 3. The molecule has 0 aliphatic carbocycles. The summed E-state index contributed by atoms with van der Waals surface area (Å²) in [6.45, 7) is 0. The van der Waals surface area contributed by atoms with Crippen LogP contribution in [0.25, 0.3) is 72.8 Å². The van der Waals surface area contributed by atoms with Crippen LogP contribution in [0.2, 0.25) is 0 Å². The Hall–Kier alpha value is -8.20. The zero-order valence-corrected chi connectivity index (χ0v) is 36.4. The first kappa shape index (κ1) is 40.6. The molecule has 11 aromatic rings. The molecule has 0 amide bonds. The molecule has 0 bridgehead atoms. The Labute approximate surface area is 381 Å². The van der Waals surface area contributed by atoms with Gasteiger partial charge in [-0.2, -0.15) is 13.2 Å². The first-order valence-corrected chi connectivity index (χ1v) is 23.8. The number of aromatic nitrogens is 4. The van der Waals surface area contributed by atoms with E-state index in [1.807, 2.05) is 97.1 Å². The van der Waals surface area contributed by atoms with Crippen molar-refractivity contribution < 1.29 is 13.2 Å². The average molecular weight is 877 g/mol. The standard InChI is InChI=1S/C58H39F3N4Si/c59-58(60,61)43-33-36-54-52(38-43)49-31-16-17-32-53(49)65(54)44-34-35-50(57-63-55(40-19-6-1-7-20-40)62-56(64-57)41-21-8-2-9-22-41)51(39-44)42-23-18-30-48(37-42)66(45-24-10-3-11-25-45,46-26-12-4-13-27-46)47-28-14-5-15-29-47/h1-39H. The van der Waals surface area contributed by atoms with Crippen molar-refractivity contribution in [2.75, 3.05) is 0 Å². The molecule has 11 rings (SSSR count). The van der Waals surface area contributed by atoms with Gasteiger partial charge in [-0.15, -0.1) is 0 Å². The first-order chi connectivity index (χ1) is 32.4. The molecule has 4 nitrogen and oxygen atoms in total. The molecule has 66 heavy (non-hydrogen) atoms. The summed E-state index contributed by atoms with van der Waals surface area (Å²) in [6, 6.07) is 78.8. The highest BCUT2D eigenvalue weighted by Crippen LogP contribution is 2.40. The molecule has 316 valence electrons. The molecule has 0 saturated carbocycles. The second-order valence-corrected chi connectivity index (χ2v) is 20.1. The summed E-state index contributed by atoms with van der Waals surface area (Å²) in [4.78, 5) is 15.4. The van der Waals surface area contributed by atoms with Crippen LogP contribution < -0.4 is 20.7 Å². The summed E-state index contributed by atoms with van der Waals surface area (Å²) >= 11 is 0. The Bertz CT molecular complexity index is 3350. The zero-order chi connectivity index (χ0) is 44.7. The number of halogens is 3. The first-order valence-electron chi connectivity index (χ1n) is 21.8. The minimum atomic E-state index is -4.49. The van der Waals surface area contributed by atoms with Crippen molar-refractivity contribution in [1.82, 2.24) is 19.5 Å². The lowest BCUT2D eigenvalue weighted by atomic mass is 9.98. The normalized spacial score (nSPS) is 11.9. The lowest BCUT2D eigenvalue weighted by Gasteiger charge is -2.34. The summed E-state index contributed by atoms with van der Waals surface area (Å²) in [7, 11) is -2.97. The Morgan fingerprint density at radius 2 is 0.818 bits per heavy atom. The van der Waals surface area contributed by atoms with Gasteiger partial charge in [-0.1, -0.05) is 194 Å². The molecule has 0 atom stereocenters. The second kappa shape index (κ2) is 16.7. The van der Waals surface area contributed by atoms with Gasteiger partial charge in [0.15, 0.2) is 25.5 Å². The van der Waals surface area contributed by atoms with Gasteiger partial charge in [0.25, 0.3) is 0 Å². The number of alkyl halides is 3. The number of fused-ring (bicyclic) bond motifs is 3. The molecule has 2 aromatic heterocycles. The highest BCUT2D eigenvalue weighted by molar-refractivity contribution is 7.19. The second-order valence-electron chi connectivity index (χ2n) is 16.3. The van der Waals surface area contributed by atoms with Gasteiger partial charge in [0.2, 0.25) is 0 Å². The van der Waals surface area contributed by atoms with Crippen LogP contribution in [-0.4, -0.2) is 27.6 Å². The van der Waals surface area contributed by atoms with E-state index in [1.54, 1.807) is 6.07 Å². The number of nitrogens with zero attached hydrogens (tertiary/aromatic N) is 4. The fourth-order valence-corrected chi connectivity index (χ4v) is 14.2. The molecule has 0 fully saturated rings. The van der Waals surface area contributed by atoms with Crippen LogP contribution in [0, 0.1) is 0 Å². The van der Waals surface area contributed by atoms with E-state index in [1.165, 1.54) is 32.9 Å². The van der Waals surface area contributed by atoms with E-state index in [0.29, 0.717) is 28.4 Å². The van der Waals surface area contributed by atoms with Crippen LogP contribution in [0.15, 0.2) is 237 Å². The quantitative estimate of drug-likeness (QED) is 0.107. The van der Waals surface area contributed by atoms with E-state index in [4.69, 9.17) is 15.0 Å². The Balaban J connectivity index is 1.21. The van der Waals surface area contributed by atoms with E-state index in [-0.39, 0.29) is 0 Å². The SMILES string of the molecule is FC(F)(F)c1ccc2c(c1)c1ccccc1n2-c1ccc(-c2nc(-c3ccccc3)nc(-c3ccccc3)n2)c(-c2cccc([Si](c3ccccc3)(c3ccccc3)c3ccccc3)c2)c1. The van der Waals surface area contributed by atoms with E-state index in [0.717, 1.165) is 44.4 Å². The summed E-state index contributed by atoms with van der Waals surface area (Å²) in [5.41, 5.74) is 5.83. The van der Waals surface area contributed by atoms with Crippen LogP contribution in [0.3, 0.4) is 0 Å². The van der Waals surface area contributed by atoms with Gasteiger partial charge in [0.05, 0.1) is 16.6 Å². The summed E-state index contributed by atoms with van der Waals surface area (Å²) in [5, 5.41) is 6.17. The van der Waals surface area contributed by atoms with Crippen LogP contribution in [0.4, 0.5) is 13.2 Å². The molecular formula is C58H39F3N4Si. The van der Waals surface area contributed by atoms with E-state index in [2.05, 4.69) is 126 Å². The predicted molar refractivity (Wildman–Crippen MR) is 265 cm³/mol. The fourth-order valence-electron chi connectivity index (χ4n) is 9.45. The number of hydrogen-bond donors (Lipinski definition) is 0. The van der Waals surface area contributed by atoms with Crippen molar-refractivity contribution in [1.29, 1.82) is 0 Å². The van der Waals surface area contributed by atoms with Crippen molar-refractivity contribution in [3.8, 4) is 51.0 Å². The monoisotopic (exact) mass is 876 g/mol. The maximum absolute atomic E-state index is 14.2. The summed E-state index contributed by atoms with van der Waals surface area (Å²) in [6.07, 6.45) is -4.49. The van der Waals surface area contributed by atoms with Gasteiger partial charge in [-0.3, -0.25) is 0 Å². The maximum atomic E-state index is 14.2. The molecule has 2 heterocycles. The third kappa shape index (κ3) is 7.18. The van der Waals surface area contributed by atoms with Crippen LogP contribution in [-0.2, 0) is 6.18 Å². The van der Waals surface area contributed by atoms with Crippen LogP contribution in [0.5, 0.6) is 0 Å². The summed E-state index contributed by atoms with van der Waals surface area (Å²) < 4.78 is 44.6. The topological polar surface area (TPSA) is 43.6 Å². The molecule has 0 spiro atoms. The molecule has 0 radical (unpaired) electrons. The lowest BCUT2D eigenvalue weighted by molar-refractivity contribution is -0.137. The molecule has 9 aromatic carbocycles. The maximum Gasteiger partial charge on any atom is 0.416 e. The number of benzene rings is 9. The van der Waals surface area contributed by atoms with Gasteiger partial charge in [-0.25, -0.2) is 15.0 Å². The smallest absolute Gasteiger partial charge is 0.309 e. The Morgan fingerprint density at radius 3 is 1.38 bits per heavy atom. The van der Waals surface area contributed by atoms with Gasteiger partial charge in [0.1, 0.15) is 0 Å². The van der Waals surface area contributed by atoms with Crippen molar-refractivity contribution in [2.45, 2.75) is 6.18 Å². The molecule has 8 heteroatoms. The minimum Gasteiger partial charge on any atom is -0.309 e. The lowest BCUT2D eigenvalue weighted by Crippen LogP contribution is -2.74. The van der Waals surface area contributed by atoms with E-state index < -0.39 is 19.8 Å². The van der Waals surface area contributed by atoms with Crippen LogP contribution in [0.1, 0.15) is 5.56 Å². The third-order valence-corrected chi connectivity index (χ3v) is 17.2. The third-order valence-electron chi connectivity index (χ3n) is 12.4. The number of para-hydroxylation sites is 1. The highest BCUT2D eigenvalue weighted by atomic mass is 28.3. The molecule has 0 N–H and O–H groups in total. The van der Waals surface area contributed by atoms with Crippen LogP contribution >= 0.6 is 0 Å². The number of rotatable bonds is 9. The summed E-state index contributed by atoms with van der Waals surface area (Å²) in [5.74, 6) is 1.56. The molecule has 0 aliphatic heterocycles. The Kier molecular flexibility index (Phi) is 10.3. The van der Waals surface area contributed by atoms with Crippen molar-refractivity contribution in [3.63, 3.8) is 0 Å². The van der Waals surface area contributed by atoms with Gasteiger partial charge >= 0.3 is 6.18 Å². The predicted octanol–water partition coefficient (Wildman–Crippen LogP) is 12.0. The molecular weight excluding hydrogens is 838 g/mol. The van der Waals surface area contributed by atoms with E-state index in [9.17, 15) is 13.2 Å². The minimum absolute atomic E-state index is 0.490. The fraction of sp³-hybridized carbons (Fsp3) is 0.0172. The molecule has 0 saturated heterocycles.